The van der Waals surface area contributed by atoms with Gasteiger partial charge in [0, 0.05) is 5.56 Å². The molecule has 0 spiro atoms. The van der Waals surface area contributed by atoms with E-state index in [1.807, 2.05) is 42.5 Å². The van der Waals surface area contributed by atoms with Crippen molar-refractivity contribution in [1.82, 2.24) is 0 Å². The molecule has 0 aromatic heterocycles. The molecule has 0 amide bonds. The highest BCUT2D eigenvalue weighted by Gasteiger charge is 1.99. The zero-order valence-corrected chi connectivity index (χ0v) is 8.64. The average molecular weight is 203 g/mol. The highest BCUT2D eigenvalue weighted by atomic mass is 14.2. The Hall–Kier alpha value is -2.51. The summed E-state index contributed by atoms with van der Waals surface area (Å²) in [5.74, 6) is 2.60. The molecule has 0 heterocycles. The Labute approximate surface area is 95.0 Å². The lowest BCUT2D eigenvalue weighted by atomic mass is 10.0. The molecule has 0 aliphatic heterocycles. The second kappa shape index (κ2) is 4.34. The molecule has 2 rings (SSSR count). The lowest BCUT2D eigenvalue weighted by Gasteiger charge is -2.02. The average Bonchev–Trinajstić information content (AvgIpc) is 2.39. The molecule has 16 heavy (non-hydrogen) atoms. The van der Waals surface area contributed by atoms with Crippen molar-refractivity contribution in [2.75, 3.05) is 0 Å². The maximum absolute atomic E-state index is 8.83. The van der Waals surface area contributed by atoms with Gasteiger partial charge in [0.25, 0.3) is 0 Å². The minimum Gasteiger partial charge on any atom is -0.192 e. The van der Waals surface area contributed by atoms with Gasteiger partial charge in [0.15, 0.2) is 0 Å². The summed E-state index contributed by atoms with van der Waals surface area (Å²) in [5, 5.41) is 8.83. The van der Waals surface area contributed by atoms with E-state index in [0.29, 0.717) is 5.56 Å². The van der Waals surface area contributed by atoms with Gasteiger partial charge in [0.2, 0.25) is 0 Å². The third-order valence-electron chi connectivity index (χ3n) is 2.35. The van der Waals surface area contributed by atoms with E-state index >= 15 is 0 Å². The molecule has 0 fully saturated rings. The molecule has 0 unspecified atom stereocenters. The van der Waals surface area contributed by atoms with Gasteiger partial charge in [-0.1, -0.05) is 30.2 Å². The Morgan fingerprint density at radius 2 is 1.44 bits per heavy atom. The van der Waals surface area contributed by atoms with Crippen LogP contribution >= 0.6 is 0 Å². The third-order valence-corrected chi connectivity index (χ3v) is 2.35. The highest BCUT2D eigenvalue weighted by molar-refractivity contribution is 5.66. The summed E-state index contributed by atoms with van der Waals surface area (Å²) >= 11 is 0. The van der Waals surface area contributed by atoms with E-state index in [-0.39, 0.29) is 0 Å². The molecule has 0 N–H and O–H groups in total. The summed E-state index contributed by atoms with van der Waals surface area (Å²) in [4.78, 5) is 0. The molecule has 0 atom stereocenters. The molecule has 0 radical (unpaired) electrons. The van der Waals surface area contributed by atoms with Gasteiger partial charge in [-0.05, 0) is 35.4 Å². The van der Waals surface area contributed by atoms with E-state index in [2.05, 4.69) is 12.0 Å². The standard InChI is InChI=1S/C15H9N/c1-2-12-5-3-7-14(9-12)15-8-4-6-13(10-15)11-16/h1,3-10H. The first-order valence-electron chi connectivity index (χ1n) is 4.91. The lowest BCUT2D eigenvalue weighted by molar-refractivity contribution is 1.48. The molecular formula is C15H9N. The smallest absolute Gasteiger partial charge is 0.0991 e. The lowest BCUT2D eigenvalue weighted by Crippen LogP contribution is -1.81. The SMILES string of the molecule is C#Cc1cccc(-c2cccc(C#N)c2)c1. The molecule has 0 aliphatic carbocycles. The van der Waals surface area contributed by atoms with Crippen molar-refractivity contribution in [1.29, 1.82) is 5.26 Å². The van der Waals surface area contributed by atoms with Gasteiger partial charge in [0.05, 0.1) is 11.6 Å². The molecule has 2 aromatic carbocycles. The summed E-state index contributed by atoms with van der Waals surface area (Å²) in [6.45, 7) is 0. The molecule has 0 bridgehead atoms. The van der Waals surface area contributed by atoms with Gasteiger partial charge in [-0.2, -0.15) is 5.26 Å². The van der Waals surface area contributed by atoms with Gasteiger partial charge in [0.1, 0.15) is 0 Å². The van der Waals surface area contributed by atoms with Gasteiger partial charge >= 0.3 is 0 Å². The number of hydrogen-bond acceptors (Lipinski definition) is 1. The summed E-state index contributed by atoms with van der Waals surface area (Å²) < 4.78 is 0. The first-order valence-corrected chi connectivity index (χ1v) is 4.91. The number of hydrogen-bond donors (Lipinski definition) is 0. The van der Waals surface area contributed by atoms with Crippen LogP contribution in [-0.4, -0.2) is 0 Å². The Balaban J connectivity index is 2.51. The first kappa shape index (κ1) is 10.0. The minimum atomic E-state index is 0.656. The molecule has 2 aromatic rings. The number of terminal acetylenes is 1. The zero-order valence-electron chi connectivity index (χ0n) is 8.64. The monoisotopic (exact) mass is 203 g/mol. The fourth-order valence-corrected chi connectivity index (χ4v) is 1.56. The molecule has 1 heteroatoms. The van der Waals surface area contributed by atoms with Crippen molar-refractivity contribution in [3.8, 4) is 29.5 Å². The van der Waals surface area contributed by atoms with Crippen molar-refractivity contribution in [3.63, 3.8) is 0 Å². The molecule has 74 valence electrons. The quantitative estimate of drug-likeness (QED) is 0.653. The number of nitriles is 1. The number of rotatable bonds is 1. The van der Waals surface area contributed by atoms with E-state index in [1.165, 1.54) is 0 Å². The van der Waals surface area contributed by atoms with Crippen LogP contribution in [0.15, 0.2) is 48.5 Å². The van der Waals surface area contributed by atoms with E-state index in [0.717, 1.165) is 16.7 Å². The zero-order chi connectivity index (χ0) is 11.4. The van der Waals surface area contributed by atoms with Gasteiger partial charge in [-0.25, -0.2) is 0 Å². The van der Waals surface area contributed by atoms with Crippen LogP contribution in [-0.2, 0) is 0 Å². The minimum absolute atomic E-state index is 0.656. The Morgan fingerprint density at radius 1 is 0.875 bits per heavy atom. The maximum Gasteiger partial charge on any atom is 0.0991 e. The number of nitrogens with zero attached hydrogens (tertiary/aromatic N) is 1. The predicted molar refractivity (Wildman–Crippen MR) is 64.5 cm³/mol. The molecule has 1 nitrogen and oxygen atoms in total. The molecular weight excluding hydrogens is 194 g/mol. The van der Waals surface area contributed by atoms with Crippen LogP contribution in [0.2, 0.25) is 0 Å². The van der Waals surface area contributed by atoms with Crippen LogP contribution < -0.4 is 0 Å². The van der Waals surface area contributed by atoms with E-state index in [1.54, 1.807) is 6.07 Å². The Kier molecular flexibility index (Phi) is 2.72. The van der Waals surface area contributed by atoms with Crippen LogP contribution in [0.1, 0.15) is 11.1 Å². The fourth-order valence-electron chi connectivity index (χ4n) is 1.56. The Bertz CT molecular complexity index is 542. The second-order valence-corrected chi connectivity index (χ2v) is 3.42. The van der Waals surface area contributed by atoms with Crippen molar-refractivity contribution < 1.29 is 0 Å². The third kappa shape index (κ3) is 1.95. The van der Waals surface area contributed by atoms with E-state index in [9.17, 15) is 0 Å². The van der Waals surface area contributed by atoms with Crippen molar-refractivity contribution in [2.45, 2.75) is 0 Å². The maximum atomic E-state index is 8.83. The topological polar surface area (TPSA) is 23.8 Å². The van der Waals surface area contributed by atoms with Crippen molar-refractivity contribution >= 4 is 0 Å². The fraction of sp³-hybridized carbons (Fsp3) is 0. The second-order valence-electron chi connectivity index (χ2n) is 3.42. The van der Waals surface area contributed by atoms with E-state index < -0.39 is 0 Å². The van der Waals surface area contributed by atoms with Crippen LogP contribution in [0.5, 0.6) is 0 Å². The molecule has 0 aliphatic rings. The number of benzene rings is 2. The van der Waals surface area contributed by atoms with Crippen molar-refractivity contribution in [3.05, 3.63) is 59.7 Å². The Morgan fingerprint density at radius 3 is 2.00 bits per heavy atom. The summed E-state index contributed by atoms with van der Waals surface area (Å²) in [7, 11) is 0. The normalized spacial score (nSPS) is 9.12. The van der Waals surface area contributed by atoms with Crippen molar-refractivity contribution in [2.24, 2.45) is 0 Å². The summed E-state index contributed by atoms with van der Waals surface area (Å²) in [5.41, 5.74) is 3.55. The largest absolute Gasteiger partial charge is 0.192 e. The molecule has 0 saturated heterocycles. The molecule has 0 saturated carbocycles. The van der Waals surface area contributed by atoms with Crippen LogP contribution in [0.3, 0.4) is 0 Å². The van der Waals surface area contributed by atoms with Crippen LogP contribution in [0.4, 0.5) is 0 Å². The van der Waals surface area contributed by atoms with Crippen LogP contribution in [0.25, 0.3) is 11.1 Å². The predicted octanol–water partition coefficient (Wildman–Crippen LogP) is 3.21. The highest BCUT2D eigenvalue weighted by Crippen LogP contribution is 2.21. The summed E-state index contributed by atoms with van der Waals surface area (Å²) in [6, 6.07) is 17.3. The van der Waals surface area contributed by atoms with Crippen LogP contribution in [0, 0.1) is 23.7 Å². The van der Waals surface area contributed by atoms with Gasteiger partial charge < -0.3 is 0 Å². The van der Waals surface area contributed by atoms with E-state index in [4.69, 9.17) is 11.7 Å². The first-order chi connectivity index (χ1) is 7.83. The summed E-state index contributed by atoms with van der Waals surface area (Å²) in [6.07, 6.45) is 5.35. The van der Waals surface area contributed by atoms with Gasteiger partial charge in [-0.3, -0.25) is 0 Å². The van der Waals surface area contributed by atoms with Gasteiger partial charge in [-0.15, -0.1) is 6.42 Å².